The van der Waals surface area contributed by atoms with Crippen molar-refractivity contribution in [2.75, 3.05) is 28.4 Å². The second kappa shape index (κ2) is 7.74. The highest BCUT2D eigenvalue weighted by Gasteiger charge is 2.44. The third-order valence-corrected chi connectivity index (χ3v) is 6.95. The van der Waals surface area contributed by atoms with Crippen LogP contribution in [0.1, 0.15) is 48.5 Å². The number of ether oxygens (including phenoxy) is 4. The van der Waals surface area contributed by atoms with E-state index in [1.807, 2.05) is 37.3 Å². The summed E-state index contributed by atoms with van der Waals surface area (Å²) in [6.07, 6.45) is 0. The zero-order valence-electron chi connectivity index (χ0n) is 17.9. The number of esters is 1. The predicted octanol–water partition coefficient (Wildman–Crippen LogP) is 4.46. The van der Waals surface area contributed by atoms with E-state index in [0.717, 1.165) is 33.8 Å². The number of benzene rings is 2. The minimum Gasteiger partial charge on any atom is -0.497 e. The Hall–Kier alpha value is -3.32. The maximum absolute atomic E-state index is 13.5. The van der Waals surface area contributed by atoms with Crippen LogP contribution in [0.5, 0.6) is 17.2 Å². The molecule has 7 heteroatoms. The summed E-state index contributed by atoms with van der Waals surface area (Å²) < 4.78 is 21.2. The summed E-state index contributed by atoms with van der Waals surface area (Å²) in [6.45, 7) is 2.04. The molecule has 0 fully saturated rings. The van der Waals surface area contributed by atoms with Crippen LogP contribution < -0.4 is 14.2 Å². The highest BCUT2D eigenvalue weighted by atomic mass is 32.1. The maximum Gasteiger partial charge on any atom is 0.348 e. The Morgan fingerprint density at radius 3 is 2.10 bits per heavy atom. The van der Waals surface area contributed by atoms with Crippen molar-refractivity contribution in [3.63, 3.8) is 0 Å². The number of carbonyl (C=O) groups is 2. The monoisotopic (exact) mass is 438 g/mol. The minimum atomic E-state index is -0.715. The van der Waals surface area contributed by atoms with Crippen LogP contribution in [-0.2, 0) is 10.2 Å². The number of carbonyl (C=O) groups excluding carboxylic acids is 2. The molecule has 0 saturated carbocycles. The number of hydrogen-bond acceptors (Lipinski definition) is 7. The van der Waals surface area contributed by atoms with Gasteiger partial charge < -0.3 is 18.9 Å². The van der Waals surface area contributed by atoms with Gasteiger partial charge in [-0.2, -0.15) is 0 Å². The van der Waals surface area contributed by atoms with Crippen molar-refractivity contribution in [1.29, 1.82) is 0 Å². The fraction of sp³-hybridized carbons (Fsp3) is 0.250. The quantitative estimate of drug-likeness (QED) is 0.548. The summed E-state index contributed by atoms with van der Waals surface area (Å²) in [4.78, 5) is 26.6. The zero-order valence-corrected chi connectivity index (χ0v) is 18.7. The number of ketones is 1. The summed E-state index contributed by atoms with van der Waals surface area (Å²) in [7, 11) is 6.04. The highest BCUT2D eigenvalue weighted by molar-refractivity contribution is 7.16. The molecule has 0 spiro atoms. The molecule has 6 nitrogen and oxygen atoms in total. The van der Waals surface area contributed by atoms with Gasteiger partial charge in [-0.25, -0.2) is 4.79 Å². The number of rotatable bonds is 5. The molecule has 0 aliphatic heterocycles. The van der Waals surface area contributed by atoms with Crippen molar-refractivity contribution < 1.29 is 28.5 Å². The minimum absolute atomic E-state index is 0.155. The SMILES string of the molecule is COC(=O)c1cc2c(s1)C(=O)c1cc(OC)c(OC)cc1C2(C)c1ccc(OC)cc1. The standard InChI is InChI=1S/C24H22O6S/c1-24(13-6-8-14(27-2)9-7-13)16-11-19(29-4)18(28-3)10-15(16)21(25)22-17(24)12-20(31-22)23(26)30-5/h6-12H,1-5H3. The Morgan fingerprint density at radius 2 is 1.52 bits per heavy atom. The van der Waals surface area contributed by atoms with E-state index in [2.05, 4.69) is 0 Å². The summed E-state index contributed by atoms with van der Waals surface area (Å²) in [6, 6.07) is 13.0. The fourth-order valence-electron chi connectivity index (χ4n) is 4.12. The fourth-order valence-corrected chi connectivity index (χ4v) is 5.25. The molecule has 1 aromatic heterocycles. The van der Waals surface area contributed by atoms with Gasteiger partial charge in [0.05, 0.1) is 33.3 Å². The van der Waals surface area contributed by atoms with Crippen molar-refractivity contribution in [3.8, 4) is 17.2 Å². The molecule has 0 bridgehead atoms. The van der Waals surface area contributed by atoms with E-state index < -0.39 is 11.4 Å². The second-order valence-corrected chi connectivity index (χ2v) is 8.33. The molecular weight excluding hydrogens is 416 g/mol. The average molecular weight is 439 g/mol. The first-order valence-corrected chi connectivity index (χ1v) is 10.4. The van der Waals surface area contributed by atoms with Gasteiger partial charge in [-0.1, -0.05) is 12.1 Å². The first-order valence-electron chi connectivity index (χ1n) is 9.57. The molecule has 1 aliphatic carbocycles. The van der Waals surface area contributed by atoms with E-state index in [0.29, 0.717) is 26.8 Å². The first kappa shape index (κ1) is 20.9. The van der Waals surface area contributed by atoms with E-state index >= 15 is 0 Å². The molecule has 2 aromatic carbocycles. The van der Waals surface area contributed by atoms with Crippen LogP contribution in [0.2, 0.25) is 0 Å². The Bertz CT molecular complexity index is 1180. The van der Waals surface area contributed by atoms with Gasteiger partial charge in [-0.3, -0.25) is 4.79 Å². The van der Waals surface area contributed by atoms with Crippen LogP contribution in [0.3, 0.4) is 0 Å². The molecular formula is C24H22O6S. The molecule has 0 saturated heterocycles. The second-order valence-electron chi connectivity index (χ2n) is 7.28. The van der Waals surface area contributed by atoms with Crippen LogP contribution >= 0.6 is 11.3 Å². The predicted molar refractivity (Wildman–Crippen MR) is 117 cm³/mol. The molecule has 3 aromatic rings. The van der Waals surface area contributed by atoms with Crippen molar-refractivity contribution in [3.05, 3.63) is 74.5 Å². The van der Waals surface area contributed by atoms with Gasteiger partial charge in [0, 0.05) is 11.0 Å². The van der Waals surface area contributed by atoms with E-state index in [9.17, 15) is 9.59 Å². The van der Waals surface area contributed by atoms with Crippen LogP contribution in [0.4, 0.5) is 0 Å². The van der Waals surface area contributed by atoms with Gasteiger partial charge in [0.1, 0.15) is 10.6 Å². The number of methoxy groups -OCH3 is 4. The molecule has 1 atom stereocenters. The molecule has 160 valence electrons. The topological polar surface area (TPSA) is 71.1 Å². The van der Waals surface area contributed by atoms with E-state index in [1.54, 1.807) is 26.4 Å². The third kappa shape index (κ3) is 3.08. The largest absolute Gasteiger partial charge is 0.497 e. The Balaban J connectivity index is 2.05. The van der Waals surface area contributed by atoms with Gasteiger partial charge in [-0.05, 0) is 53.9 Å². The average Bonchev–Trinajstić information content (AvgIpc) is 3.27. The van der Waals surface area contributed by atoms with Crippen LogP contribution in [0.25, 0.3) is 0 Å². The first-order chi connectivity index (χ1) is 14.9. The third-order valence-electron chi connectivity index (χ3n) is 5.84. The van der Waals surface area contributed by atoms with E-state index in [1.165, 1.54) is 14.2 Å². The van der Waals surface area contributed by atoms with Gasteiger partial charge >= 0.3 is 5.97 Å². The lowest BCUT2D eigenvalue weighted by Crippen LogP contribution is -2.33. The molecule has 4 rings (SSSR count). The zero-order chi connectivity index (χ0) is 22.3. The van der Waals surface area contributed by atoms with E-state index in [4.69, 9.17) is 18.9 Å². The Labute approximate surface area is 184 Å². The molecule has 1 unspecified atom stereocenters. The Morgan fingerprint density at radius 1 is 0.871 bits per heavy atom. The molecule has 1 heterocycles. The Kier molecular flexibility index (Phi) is 5.23. The molecule has 0 amide bonds. The normalized spacial score (nSPS) is 16.9. The van der Waals surface area contributed by atoms with Gasteiger partial charge in [0.25, 0.3) is 0 Å². The molecule has 0 radical (unpaired) electrons. The van der Waals surface area contributed by atoms with Crippen molar-refractivity contribution >= 4 is 23.1 Å². The van der Waals surface area contributed by atoms with E-state index in [-0.39, 0.29) is 5.78 Å². The lowest BCUT2D eigenvalue weighted by Gasteiger charge is -2.36. The number of thiophene rings is 1. The van der Waals surface area contributed by atoms with Gasteiger partial charge in [0.15, 0.2) is 11.5 Å². The van der Waals surface area contributed by atoms with Crippen molar-refractivity contribution in [2.45, 2.75) is 12.3 Å². The van der Waals surface area contributed by atoms with Crippen LogP contribution in [0.15, 0.2) is 42.5 Å². The van der Waals surface area contributed by atoms with Crippen LogP contribution in [-0.4, -0.2) is 40.2 Å². The lowest BCUT2D eigenvalue weighted by atomic mass is 9.65. The lowest BCUT2D eigenvalue weighted by molar-refractivity contribution is 0.0606. The number of fused-ring (bicyclic) bond motifs is 2. The van der Waals surface area contributed by atoms with Crippen molar-refractivity contribution in [1.82, 2.24) is 0 Å². The van der Waals surface area contributed by atoms with Crippen molar-refractivity contribution in [2.24, 2.45) is 0 Å². The van der Waals surface area contributed by atoms with Gasteiger partial charge in [-0.15, -0.1) is 11.3 Å². The van der Waals surface area contributed by atoms with Crippen LogP contribution in [0, 0.1) is 0 Å². The molecule has 1 aliphatic rings. The molecule has 31 heavy (non-hydrogen) atoms. The van der Waals surface area contributed by atoms with Gasteiger partial charge in [0.2, 0.25) is 5.78 Å². The summed E-state index contributed by atoms with van der Waals surface area (Å²) >= 11 is 1.15. The highest BCUT2D eigenvalue weighted by Crippen LogP contribution is 2.51. The molecule has 0 N–H and O–H groups in total. The number of hydrogen-bond donors (Lipinski definition) is 0. The maximum atomic E-state index is 13.5. The summed E-state index contributed by atoms with van der Waals surface area (Å²) in [5.74, 6) is 1.11. The summed E-state index contributed by atoms with van der Waals surface area (Å²) in [5, 5.41) is 0. The smallest absolute Gasteiger partial charge is 0.348 e. The summed E-state index contributed by atoms with van der Waals surface area (Å²) in [5.41, 5.74) is 2.29.